The van der Waals surface area contributed by atoms with Gasteiger partial charge in [-0.05, 0) is 19.3 Å². The predicted octanol–water partition coefficient (Wildman–Crippen LogP) is 0.751. The van der Waals surface area contributed by atoms with Crippen LogP contribution >= 0.6 is 0 Å². The van der Waals surface area contributed by atoms with Crippen molar-refractivity contribution in [3.8, 4) is 0 Å². The lowest BCUT2D eigenvalue weighted by Gasteiger charge is -2.27. The fourth-order valence-electron chi connectivity index (χ4n) is 1.75. The Morgan fingerprint density at radius 1 is 1.20 bits per heavy atom. The zero-order chi connectivity index (χ0) is 10.7. The van der Waals surface area contributed by atoms with Crippen LogP contribution in [0.5, 0.6) is 0 Å². The Balaban J connectivity index is 2.11. The van der Waals surface area contributed by atoms with Crippen LogP contribution in [-0.2, 0) is 0 Å². The van der Waals surface area contributed by atoms with Gasteiger partial charge < -0.3 is 10.6 Å². The van der Waals surface area contributed by atoms with Crippen LogP contribution in [0.25, 0.3) is 0 Å². The molecule has 15 heavy (non-hydrogen) atoms. The molecule has 2 rings (SSSR count). The van der Waals surface area contributed by atoms with Crippen LogP contribution in [-0.4, -0.2) is 28.9 Å². The Morgan fingerprint density at radius 2 is 1.93 bits per heavy atom. The number of anilines is 1. The lowest BCUT2D eigenvalue weighted by molar-refractivity contribution is 0.572. The van der Waals surface area contributed by atoms with E-state index in [9.17, 15) is 0 Å². The first kappa shape index (κ1) is 9.89. The van der Waals surface area contributed by atoms with Crippen LogP contribution in [0.15, 0.2) is 12.4 Å². The van der Waals surface area contributed by atoms with E-state index in [1.165, 1.54) is 19.3 Å². The van der Waals surface area contributed by atoms with Crippen molar-refractivity contribution in [2.75, 3.05) is 18.0 Å². The van der Waals surface area contributed by atoms with Crippen molar-refractivity contribution in [2.24, 2.45) is 5.73 Å². The Hall–Kier alpha value is -1.65. The first-order chi connectivity index (χ1) is 7.27. The van der Waals surface area contributed by atoms with Gasteiger partial charge >= 0.3 is 0 Å². The third-order valence-electron chi connectivity index (χ3n) is 2.59. The minimum atomic E-state index is -0.0345. The summed E-state index contributed by atoms with van der Waals surface area (Å²) in [5.41, 5.74) is 5.75. The minimum Gasteiger partial charge on any atom is -0.382 e. The van der Waals surface area contributed by atoms with E-state index in [0.29, 0.717) is 5.69 Å². The van der Waals surface area contributed by atoms with E-state index in [4.69, 9.17) is 11.1 Å². The molecule has 2 heterocycles. The van der Waals surface area contributed by atoms with Crippen LogP contribution in [0.4, 0.5) is 5.82 Å². The summed E-state index contributed by atoms with van der Waals surface area (Å²) in [5.74, 6) is 0.854. The molecular formula is C10H15N5. The highest BCUT2D eigenvalue weighted by Crippen LogP contribution is 2.15. The molecule has 0 aromatic carbocycles. The van der Waals surface area contributed by atoms with E-state index in [0.717, 1.165) is 18.9 Å². The quantitative estimate of drug-likeness (QED) is 0.551. The molecule has 1 aromatic heterocycles. The number of rotatable bonds is 2. The molecule has 0 saturated carbocycles. The molecule has 1 aliphatic heterocycles. The second kappa shape index (κ2) is 4.25. The van der Waals surface area contributed by atoms with Gasteiger partial charge in [-0.3, -0.25) is 5.41 Å². The van der Waals surface area contributed by atoms with Crippen molar-refractivity contribution < 1.29 is 0 Å². The van der Waals surface area contributed by atoms with E-state index in [2.05, 4.69) is 14.9 Å². The normalized spacial score (nSPS) is 16.4. The molecule has 0 aliphatic carbocycles. The zero-order valence-electron chi connectivity index (χ0n) is 8.61. The summed E-state index contributed by atoms with van der Waals surface area (Å²) in [6.07, 6.45) is 7.00. The SMILES string of the molecule is N=C(N)c1cnc(N2CCCCC2)cn1. The third kappa shape index (κ3) is 2.23. The van der Waals surface area contributed by atoms with Crippen molar-refractivity contribution in [2.45, 2.75) is 19.3 Å². The molecule has 0 amide bonds. The van der Waals surface area contributed by atoms with Crippen LogP contribution in [0.1, 0.15) is 25.0 Å². The highest BCUT2D eigenvalue weighted by Gasteiger charge is 2.12. The molecule has 0 atom stereocenters. The zero-order valence-corrected chi connectivity index (χ0v) is 8.61. The molecule has 0 radical (unpaired) electrons. The van der Waals surface area contributed by atoms with Gasteiger partial charge in [0.05, 0.1) is 12.4 Å². The van der Waals surface area contributed by atoms with Gasteiger partial charge in [-0.2, -0.15) is 0 Å². The summed E-state index contributed by atoms with van der Waals surface area (Å²) >= 11 is 0. The summed E-state index contributed by atoms with van der Waals surface area (Å²) in [7, 11) is 0. The molecule has 1 saturated heterocycles. The number of nitrogen functional groups attached to an aromatic ring is 1. The van der Waals surface area contributed by atoms with Crippen molar-refractivity contribution in [3.63, 3.8) is 0 Å². The Bertz CT molecular complexity index is 339. The van der Waals surface area contributed by atoms with Gasteiger partial charge in [-0.25, -0.2) is 9.97 Å². The highest BCUT2D eigenvalue weighted by molar-refractivity contribution is 5.92. The summed E-state index contributed by atoms with van der Waals surface area (Å²) < 4.78 is 0. The molecule has 0 spiro atoms. The number of piperidine rings is 1. The number of hydrogen-bond donors (Lipinski definition) is 2. The summed E-state index contributed by atoms with van der Waals surface area (Å²) in [5, 5.41) is 7.21. The van der Waals surface area contributed by atoms with Gasteiger partial charge in [0, 0.05) is 13.1 Å². The minimum absolute atomic E-state index is 0.0345. The summed E-state index contributed by atoms with van der Waals surface area (Å²) in [6, 6.07) is 0. The summed E-state index contributed by atoms with van der Waals surface area (Å²) in [6.45, 7) is 2.10. The molecule has 0 unspecified atom stereocenters. The van der Waals surface area contributed by atoms with E-state index >= 15 is 0 Å². The molecule has 5 nitrogen and oxygen atoms in total. The molecule has 1 fully saturated rings. The van der Waals surface area contributed by atoms with Crippen molar-refractivity contribution in [1.29, 1.82) is 5.41 Å². The molecule has 1 aromatic rings. The van der Waals surface area contributed by atoms with Crippen LogP contribution in [0.3, 0.4) is 0 Å². The predicted molar refractivity (Wildman–Crippen MR) is 59.1 cm³/mol. The number of hydrogen-bond acceptors (Lipinski definition) is 4. The molecule has 3 N–H and O–H groups in total. The maximum Gasteiger partial charge on any atom is 0.147 e. The average Bonchev–Trinajstić information content (AvgIpc) is 2.30. The Labute approximate surface area is 88.8 Å². The standard InChI is InChI=1S/C10H15N5/c11-10(12)8-6-14-9(7-13-8)15-4-2-1-3-5-15/h6-7H,1-5H2,(H3,11,12). The van der Waals surface area contributed by atoms with Gasteiger partial charge in [0.15, 0.2) is 0 Å². The van der Waals surface area contributed by atoms with Gasteiger partial charge in [0.25, 0.3) is 0 Å². The van der Waals surface area contributed by atoms with Crippen molar-refractivity contribution in [3.05, 3.63) is 18.1 Å². The van der Waals surface area contributed by atoms with Gasteiger partial charge in [-0.15, -0.1) is 0 Å². The Kier molecular flexibility index (Phi) is 2.80. The topological polar surface area (TPSA) is 78.9 Å². The number of nitrogens with one attached hydrogen (secondary N) is 1. The van der Waals surface area contributed by atoms with Crippen LogP contribution < -0.4 is 10.6 Å². The molecular weight excluding hydrogens is 190 g/mol. The van der Waals surface area contributed by atoms with Crippen LogP contribution in [0, 0.1) is 5.41 Å². The maximum atomic E-state index is 7.21. The molecule has 1 aliphatic rings. The van der Waals surface area contributed by atoms with Crippen molar-refractivity contribution >= 4 is 11.7 Å². The molecule has 80 valence electrons. The van der Waals surface area contributed by atoms with E-state index < -0.39 is 0 Å². The van der Waals surface area contributed by atoms with Crippen molar-refractivity contribution in [1.82, 2.24) is 9.97 Å². The third-order valence-corrected chi connectivity index (χ3v) is 2.59. The lowest BCUT2D eigenvalue weighted by Crippen LogP contribution is -2.30. The average molecular weight is 205 g/mol. The van der Waals surface area contributed by atoms with E-state index in [-0.39, 0.29) is 5.84 Å². The smallest absolute Gasteiger partial charge is 0.147 e. The second-order valence-electron chi connectivity index (χ2n) is 3.72. The van der Waals surface area contributed by atoms with Gasteiger partial charge in [0.1, 0.15) is 17.3 Å². The molecule has 0 bridgehead atoms. The van der Waals surface area contributed by atoms with Gasteiger partial charge in [-0.1, -0.05) is 0 Å². The first-order valence-corrected chi connectivity index (χ1v) is 5.19. The van der Waals surface area contributed by atoms with Crippen LogP contribution in [0.2, 0.25) is 0 Å². The van der Waals surface area contributed by atoms with E-state index in [1.807, 2.05) is 0 Å². The molecule has 5 heteroatoms. The number of amidine groups is 1. The largest absolute Gasteiger partial charge is 0.382 e. The van der Waals surface area contributed by atoms with E-state index in [1.54, 1.807) is 12.4 Å². The van der Waals surface area contributed by atoms with Gasteiger partial charge in [0.2, 0.25) is 0 Å². The Morgan fingerprint density at radius 3 is 2.47 bits per heavy atom. The lowest BCUT2D eigenvalue weighted by atomic mass is 10.1. The fraction of sp³-hybridized carbons (Fsp3) is 0.500. The number of nitrogens with zero attached hydrogens (tertiary/aromatic N) is 3. The number of nitrogens with two attached hydrogens (primary N) is 1. The maximum absolute atomic E-state index is 7.21. The second-order valence-corrected chi connectivity index (χ2v) is 3.72. The fourth-order valence-corrected chi connectivity index (χ4v) is 1.75. The summed E-state index contributed by atoms with van der Waals surface area (Å²) in [4.78, 5) is 10.6. The highest BCUT2D eigenvalue weighted by atomic mass is 15.2. The first-order valence-electron chi connectivity index (χ1n) is 5.19. The number of aromatic nitrogens is 2. The monoisotopic (exact) mass is 205 g/mol.